The second-order valence-corrected chi connectivity index (χ2v) is 9.80. The molecular weight excluding hydrogens is 471 g/mol. The fourth-order valence-electron chi connectivity index (χ4n) is 3.75. The molecule has 1 aromatic heterocycles. The van der Waals surface area contributed by atoms with E-state index in [9.17, 15) is 19.2 Å². The molecule has 0 radical (unpaired) electrons. The van der Waals surface area contributed by atoms with E-state index >= 15 is 0 Å². The van der Waals surface area contributed by atoms with Gasteiger partial charge in [0.15, 0.2) is 0 Å². The van der Waals surface area contributed by atoms with Crippen LogP contribution in [0.15, 0.2) is 34.0 Å². The molecule has 1 fully saturated rings. The van der Waals surface area contributed by atoms with Crippen molar-refractivity contribution < 1.29 is 9.18 Å². The molecule has 0 spiro atoms. The summed E-state index contributed by atoms with van der Waals surface area (Å²) >= 11 is 6.67. The van der Waals surface area contributed by atoms with Gasteiger partial charge in [-0.05, 0) is 56.0 Å². The lowest BCUT2D eigenvalue weighted by molar-refractivity contribution is -0.123. The van der Waals surface area contributed by atoms with Crippen molar-refractivity contribution in [3.05, 3.63) is 67.6 Å². The maximum absolute atomic E-state index is 13.3. The van der Waals surface area contributed by atoms with E-state index in [0.29, 0.717) is 45.7 Å². The van der Waals surface area contributed by atoms with E-state index in [1.54, 1.807) is 30.0 Å². The van der Waals surface area contributed by atoms with Crippen LogP contribution >= 0.6 is 24.0 Å². The molecule has 1 amide bonds. The maximum Gasteiger partial charge on any atom is 0.270 e. The molecule has 1 aliphatic heterocycles. The summed E-state index contributed by atoms with van der Waals surface area (Å²) in [7, 11) is 0. The number of hydrogen-bond donors (Lipinski definition) is 1. The van der Waals surface area contributed by atoms with Gasteiger partial charge in [0.2, 0.25) is 0 Å². The molecule has 34 heavy (non-hydrogen) atoms. The zero-order valence-corrected chi connectivity index (χ0v) is 21.3. The second kappa shape index (κ2) is 11.0. The van der Waals surface area contributed by atoms with E-state index in [1.165, 1.54) is 28.5 Å². The lowest BCUT2D eigenvalue weighted by Crippen LogP contribution is -2.36. The lowest BCUT2D eigenvalue weighted by atomic mass is 10.0. The number of pyridine rings is 1. The molecule has 2 aromatic rings. The number of anilines is 1. The number of thiocarbonyl (C=S) groups is 1. The predicted molar refractivity (Wildman–Crippen MR) is 139 cm³/mol. The number of amides is 1. The van der Waals surface area contributed by atoms with Gasteiger partial charge < -0.3 is 5.32 Å². The maximum atomic E-state index is 13.3. The Morgan fingerprint density at radius 3 is 2.53 bits per heavy atom. The van der Waals surface area contributed by atoms with E-state index in [4.69, 9.17) is 12.2 Å². The molecular formula is C25H27FN4O2S2. The van der Waals surface area contributed by atoms with Crippen molar-refractivity contribution in [1.82, 2.24) is 9.47 Å². The number of nitrogens with one attached hydrogen (secondary N) is 1. The van der Waals surface area contributed by atoms with Crippen LogP contribution in [0, 0.1) is 24.1 Å². The number of hydrogen-bond acceptors (Lipinski definition) is 6. The third-order valence-corrected chi connectivity index (χ3v) is 7.16. The summed E-state index contributed by atoms with van der Waals surface area (Å²) in [6, 6.07) is 8.08. The number of carbonyl (C=O) groups excluding carboxylic acids is 1. The van der Waals surface area contributed by atoms with Crippen LogP contribution in [-0.4, -0.2) is 25.7 Å². The highest BCUT2D eigenvalue weighted by Gasteiger charge is 2.35. The monoisotopic (exact) mass is 498 g/mol. The van der Waals surface area contributed by atoms with Crippen molar-refractivity contribution in [2.75, 3.05) is 5.32 Å². The van der Waals surface area contributed by atoms with Crippen LogP contribution in [0.4, 0.5) is 10.2 Å². The Balaban J connectivity index is 2.15. The zero-order chi connectivity index (χ0) is 25.0. The Labute approximate surface area is 208 Å². The highest BCUT2D eigenvalue weighted by atomic mass is 32.2. The average Bonchev–Trinajstić information content (AvgIpc) is 3.10. The minimum Gasteiger partial charge on any atom is -0.367 e. The number of aromatic nitrogens is 1. The van der Waals surface area contributed by atoms with E-state index in [-0.39, 0.29) is 28.9 Å². The number of rotatable bonds is 8. The predicted octanol–water partition coefficient (Wildman–Crippen LogP) is 5.19. The molecule has 0 bridgehead atoms. The number of benzene rings is 1. The van der Waals surface area contributed by atoms with E-state index in [1.807, 2.05) is 26.8 Å². The summed E-state index contributed by atoms with van der Waals surface area (Å²) in [5.41, 5.74) is 1.58. The number of halogens is 1. The smallest absolute Gasteiger partial charge is 0.270 e. The minimum absolute atomic E-state index is 0.0284. The molecule has 2 heterocycles. The molecule has 1 aliphatic rings. The Morgan fingerprint density at radius 2 is 1.94 bits per heavy atom. The van der Waals surface area contributed by atoms with Crippen molar-refractivity contribution in [1.29, 1.82) is 5.26 Å². The van der Waals surface area contributed by atoms with Crippen LogP contribution in [0.25, 0.3) is 6.08 Å². The normalized spacial score (nSPS) is 15.6. The summed E-state index contributed by atoms with van der Waals surface area (Å²) in [6.07, 6.45) is 3.16. The number of nitriles is 1. The fourth-order valence-corrected chi connectivity index (χ4v) is 5.20. The largest absolute Gasteiger partial charge is 0.367 e. The second-order valence-electron chi connectivity index (χ2n) is 8.12. The Kier molecular flexibility index (Phi) is 8.28. The molecule has 1 atom stereocenters. The van der Waals surface area contributed by atoms with Crippen LogP contribution in [-0.2, 0) is 17.9 Å². The van der Waals surface area contributed by atoms with Gasteiger partial charge in [-0.1, -0.05) is 50.0 Å². The molecule has 0 aliphatic carbocycles. The van der Waals surface area contributed by atoms with Crippen molar-refractivity contribution in [3.63, 3.8) is 0 Å². The van der Waals surface area contributed by atoms with Crippen molar-refractivity contribution >= 4 is 46.1 Å². The van der Waals surface area contributed by atoms with Gasteiger partial charge in [-0.25, -0.2) is 4.39 Å². The van der Waals surface area contributed by atoms with Crippen LogP contribution in [0.3, 0.4) is 0 Å². The molecule has 1 unspecified atom stereocenters. The molecule has 3 rings (SSSR count). The van der Waals surface area contributed by atoms with Crippen LogP contribution in [0.5, 0.6) is 0 Å². The summed E-state index contributed by atoms with van der Waals surface area (Å²) in [5, 5.41) is 13.0. The number of carbonyl (C=O) groups is 1. The molecule has 1 saturated heterocycles. The van der Waals surface area contributed by atoms with Crippen molar-refractivity contribution in [3.8, 4) is 6.07 Å². The first-order valence-corrected chi connectivity index (χ1v) is 12.4. The van der Waals surface area contributed by atoms with Gasteiger partial charge in [-0.2, -0.15) is 5.26 Å². The first-order chi connectivity index (χ1) is 16.2. The SMILES string of the molecule is CCCn1c(NCc2ccc(F)cc2)c(/C=C2/SC(=S)N(C(C)CC)C2=O)c(C)c(C#N)c1=O. The molecule has 0 saturated carbocycles. The topological polar surface area (TPSA) is 78.1 Å². The molecule has 1 aromatic carbocycles. The van der Waals surface area contributed by atoms with Crippen molar-refractivity contribution in [2.45, 2.75) is 59.7 Å². The third kappa shape index (κ3) is 5.08. The van der Waals surface area contributed by atoms with E-state index < -0.39 is 0 Å². The summed E-state index contributed by atoms with van der Waals surface area (Å²) in [5.74, 6) is 0.00588. The summed E-state index contributed by atoms with van der Waals surface area (Å²) in [6.45, 7) is 8.33. The summed E-state index contributed by atoms with van der Waals surface area (Å²) in [4.78, 5) is 28.3. The fraction of sp³-hybridized carbons (Fsp3) is 0.360. The van der Waals surface area contributed by atoms with Crippen LogP contribution in [0.1, 0.15) is 55.9 Å². The minimum atomic E-state index is -0.382. The molecule has 6 nitrogen and oxygen atoms in total. The number of nitrogens with zero attached hydrogens (tertiary/aromatic N) is 3. The highest BCUT2D eigenvalue weighted by molar-refractivity contribution is 8.26. The van der Waals surface area contributed by atoms with Gasteiger partial charge in [0, 0.05) is 24.7 Å². The number of thioether (sulfide) groups is 1. The lowest BCUT2D eigenvalue weighted by Gasteiger charge is -2.21. The van der Waals surface area contributed by atoms with Gasteiger partial charge in [0.05, 0.1) is 4.91 Å². The molecule has 9 heteroatoms. The molecule has 178 valence electrons. The first kappa shape index (κ1) is 25.7. The molecule has 1 N–H and O–H groups in total. The highest BCUT2D eigenvalue weighted by Crippen LogP contribution is 2.36. The van der Waals surface area contributed by atoms with E-state index in [2.05, 4.69) is 5.32 Å². The van der Waals surface area contributed by atoms with Gasteiger partial charge in [0.25, 0.3) is 11.5 Å². The van der Waals surface area contributed by atoms with Crippen LogP contribution in [0.2, 0.25) is 0 Å². The Morgan fingerprint density at radius 1 is 1.26 bits per heavy atom. The first-order valence-electron chi connectivity index (χ1n) is 11.2. The van der Waals surface area contributed by atoms with E-state index in [0.717, 1.165) is 12.0 Å². The van der Waals surface area contributed by atoms with Gasteiger partial charge >= 0.3 is 0 Å². The van der Waals surface area contributed by atoms with Gasteiger partial charge in [-0.15, -0.1) is 0 Å². The third-order valence-electron chi connectivity index (χ3n) is 5.83. The Bertz CT molecular complexity index is 1250. The summed E-state index contributed by atoms with van der Waals surface area (Å²) < 4.78 is 15.4. The van der Waals surface area contributed by atoms with Crippen molar-refractivity contribution in [2.24, 2.45) is 0 Å². The average molecular weight is 499 g/mol. The Hall–Kier alpha value is -2.96. The van der Waals surface area contributed by atoms with Crippen LogP contribution < -0.4 is 10.9 Å². The quantitative estimate of drug-likeness (QED) is 0.399. The van der Waals surface area contributed by atoms with Gasteiger partial charge in [-0.3, -0.25) is 19.1 Å². The standard InChI is InChI=1S/C25H27FN4O2S2/c1-5-11-29-22(28-14-17-7-9-18(26)10-8-17)19(16(4)20(13-27)23(29)31)12-21-24(32)30(15(3)6-2)25(33)34-21/h7-10,12,15,28H,5-6,11,14H2,1-4H3/b21-12+. The zero-order valence-electron chi connectivity index (χ0n) is 19.6. The van der Waals surface area contributed by atoms with Gasteiger partial charge in [0.1, 0.15) is 27.6 Å².